The van der Waals surface area contributed by atoms with Crippen LogP contribution in [0.2, 0.25) is 0 Å². The lowest BCUT2D eigenvalue weighted by atomic mass is 9.84. The van der Waals surface area contributed by atoms with Crippen molar-refractivity contribution in [1.29, 1.82) is 0 Å². The summed E-state index contributed by atoms with van der Waals surface area (Å²) in [5, 5.41) is 8.88. The third kappa shape index (κ3) is 11.1. The van der Waals surface area contributed by atoms with Gasteiger partial charge in [-0.3, -0.25) is 24.1 Å². The van der Waals surface area contributed by atoms with E-state index < -0.39 is 52.7 Å². The first-order valence-electron chi connectivity index (χ1n) is 25.8. The van der Waals surface area contributed by atoms with Gasteiger partial charge in [0.2, 0.25) is 17.7 Å². The highest BCUT2D eigenvalue weighted by Gasteiger charge is 2.49. The molecule has 1 aliphatic heterocycles. The summed E-state index contributed by atoms with van der Waals surface area (Å²) in [6.07, 6.45) is 8.96. The van der Waals surface area contributed by atoms with Crippen molar-refractivity contribution in [1.82, 2.24) is 20.9 Å². The van der Waals surface area contributed by atoms with Gasteiger partial charge in [0.05, 0.1) is 4.75 Å². The maximum absolute atomic E-state index is 14.7. The molecule has 9 rings (SSSR count). The molecule has 5 aromatic carbocycles. The topological polar surface area (TPSA) is 143 Å². The largest absolute Gasteiger partial charge is 0.461 e. The van der Waals surface area contributed by atoms with Gasteiger partial charge in [-0.05, 0) is 96.2 Å². The Labute approximate surface area is 422 Å². The number of fused-ring (bicyclic) bond motifs is 4. The van der Waals surface area contributed by atoms with Gasteiger partial charge in [-0.25, -0.2) is 4.79 Å². The molecule has 2 saturated carbocycles. The standard InChI is InChI=1S/C59H66N4O7S/c1-2-21-50(61-57(67)53-36-40-22-15-20-35-52(40)63(53)58(68)69-38-49-47-33-18-16-31-45(47)46-32-17-19-34-48(46)49)56(66)62-51(55(65)60-37-54(64)70-44-29-13-6-14-30-44)39-71-59(41-23-7-3-8-24-41,42-25-9-4-10-26-42)43-27-11-5-12-28-43/h3-5,7-12,16-19,23-28,31-34,40,44,49-53H,2,6,13-15,20-22,29-30,35-39H2,1H3,(H,60,65)(H,61,67)(H,62,66)/t40-,50-,51-,52-,53-/m0/s1. The van der Waals surface area contributed by atoms with Gasteiger partial charge < -0.3 is 25.4 Å². The number of benzene rings is 5. The van der Waals surface area contributed by atoms with Crippen molar-refractivity contribution in [2.45, 2.75) is 125 Å². The Balaban J connectivity index is 0.949. The highest BCUT2D eigenvalue weighted by molar-refractivity contribution is 8.00. The van der Waals surface area contributed by atoms with Crippen molar-refractivity contribution in [2.24, 2.45) is 5.92 Å². The molecule has 0 unspecified atom stereocenters. The number of rotatable bonds is 18. The maximum atomic E-state index is 14.7. The van der Waals surface area contributed by atoms with Crippen LogP contribution in [0.5, 0.6) is 0 Å². The Bertz CT molecular complexity index is 2480. The number of carbonyl (C=O) groups excluding carboxylic acids is 5. The van der Waals surface area contributed by atoms with Gasteiger partial charge in [-0.1, -0.05) is 172 Å². The third-order valence-corrected chi connectivity index (χ3v) is 16.7. The van der Waals surface area contributed by atoms with Crippen LogP contribution < -0.4 is 16.0 Å². The predicted octanol–water partition coefficient (Wildman–Crippen LogP) is 10.1. The Kier molecular flexibility index (Phi) is 16.2. The van der Waals surface area contributed by atoms with Crippen molar-refractivity contribution < 1.29 is 33.4 Å². The van der Waals surface area contributed by atoms with Gasteiger partial charge in [0.25, 0.3) is 0 Å². The van der Waals surface area contributed by atoms with Crippen molar-refractivity contribution >= 4 is 41.5 Å². The molecule has 0 spiro atoms. The normalized spacial score (nSPS) is 19.6. The molecule has 5 aromatic rings. The number of hydrogen-bond donors (Lipinski definition) is 3. The number of nitrogens with one attached hydrogen (secondary N) is 3. The lowest BCUT2D eigenvalue weighted by Crippen LogP contribution is -2.58. The zero-order valence-corrected chi connectivity index (χ0v) is 41.5. The SMILES string of the molecule is CCC[C@H](NC(=O)[C@@H]1C[C@@H]2CCCC[C@@H]2N1C(=O)OCC1c2ccccc2-c2ccccc21)C(=O)N[C@@H](CSC(c1ccccc1)(c1ccccc1)c1ccccc1)C(=O)NCC(=O)OC1CCCCC1. The van der Waals surface area contributed by atoms with E-state index in [4.69, 9.17) is 9.47 Å². The van der Waals surface area contributed by atoms with Crippen LogP contribution in [-0.2, 0) is 33.4 Å². The number of ether oxygens (including phenoxy) is 2. The van der Waals surface area contributed by atoms with E-state index in [-0.39, 0.29) is 42.9 Å². The molecule has 1 saturated heterocycles. The fourth-order valence-electron chi connectivity index (χ4n) is 11.6. The summed E-state index contributed by atoms with van der Waals surface area (Å²) >= 11 is 1.51. The molecule has 0 aromatic heterocycles. The van der Waals surface area contributed by atoms with E-state index in [1.54, 1.807) is 4.90 Å². The zero-order chi connectivity index (χ0) is 49.2. The minimum absolute atomic E-state index is 0.0995. The first kappa shape index (κ1) is 49.6. The first-order valence-corrected chi connectivity index (χ1v) is 26.8. The van der Waals surface area contributed by atoms with Gasteiger partial charge in [-0.15, -0.1) is 11.8 Å². The molecule has 370 valence electrons. The molecule has 5 atom stereocenters. The molecule has 3 fully saturated rings. The van der Waals surface area contributed by atoms with Gasteiger partial charge in [0.1, 0.15) is 37.4 Å². The summed E-state index contributed by atoms with van der Waals surface area (Å²) in [6, 6.07) is 43.6. The van der Waals surface area contributed by atoms with E-state index in [9.17, 15) is 24.0 Å². The second-order valence-electron chi connectivity index (χ2n) is 19.5. The summed E-state index contributed by atoms with van der Waals surface area (Å²) < 4.78 is 11.2. The number of nitrogens with zero attached hydrogens (tertiary/aromatic N) is 1. The van der Waals surface area contributed by atoms with Gasteiger partial charge in [-0.2, -0.15) is 0 Å². The van der Waals surface area contributed by atoms with Gasteiger partial charge in [0, 0.05) is 17.7 Å². The van der Waals surface area contributed by atoms with Crippen LogP contribution in [0.15, 0.2) is 140 Å². The summed E-state index contributed by atoms with van der Waals surface area (Å²) in [7, 11) is 0. The van der Waals surface area contributed by atoms with Crippen LogP contribution in [-0.4, -0.2) is 83.9 Å². The molecule has 0 bridgehead atoms. The van der Waals surface area contributed by atoms with Crippen molar-refractivity contribution in [3.05, 3.63) is 167 Å². The summed E-state index contributed by atoms with van der Waals surface area (Å²) in [5.41, 5.74) is 7.44. The first-order chi connectivity index (χ1) is 34.7. The van der Waals surface area contributed by atoms with E-state index in [0.29, 0.717) is 19.3 Å². The lowest BCUT2D eigenvalue weighted by molar-refractivity contribution is -0.150. The van der Waals surface area contributed by atoms with Crippen molar-refractivity contribution in [3.8, 4) is 11.1 Å². The minimum atomic E-state index is -1.13. The maximum Gasteiger partial charge on any atom is 0.410 e. The fourth-order valence-corrected chi connectivity index (χ4v) is 13.1. The molecule has 4 aliphatic rings. The van der Waals surface area contributed by atoms with E-state index in [1.807, 2.05) is 85.8 Å². The Morgan fingerprint density at radius 2 is 1.20 bits per heavy atom. The van der Waals surface area contributed by atoms with Crippen LogP contribution in [0.25, 0.3) is 11.1 Å². The van der Waals surface area contributed by atoms with Crippen LogP contribution in [0.4, 0.5) is 4.79 Å². The van der Waals surface area contributed by atoms with E-state index in [2.05, 4.69) is 76.6 Å². The average Bonchev–Trinajstić information content (AvgIpc) is 3.97. The number of amides is 4. The minimum Gasteiger partial charge on any atom is -0.461 e. The van der Waals surface area contributed by atoms with Crippen molar-refractivity contribution in [2.75, 3.05) is 18.9 Å². The van der Waals surface area contributed by atoms with Crippen LogP contribution in [0.1, 0.15) is 118 Å². The van der Waals surface area contributed by atoms with E-state index >= 15 is 0 Å². The molecule has 71 heavy (non-hydrogen) atoms. The van der Waals surface area contributed by atoms with Crippen LogP contribution >= 0.6 is 11.8 Å². The zero-order valence-electron chi connectivity index (χ0n) is 40.6. The molecule has 4 amide bonds. The van der Waals surface area contributed by atoms with E-state index in [1.165, 1.54) is 11.8 Å². The van der Waals surface area contributed by atoms with Crippen LogP contribution in [0, 0.1) is 5.92 Å². The summed E-state index contributed by atoms with van der Waals surface area (Å²) in [4.78, 5) is 73.1. The quantitative estimate of drug-likeness (QED) is 0.0582. The summed E-state index contributed by atoms with van der Waals surface area (Å²) in [5.74, 6) is -1.92. The Hall–Kier alpha value is -6.40. The number of thioether (sulfide) groups is 1. The van der Waals surface area contributed by atoms with Gasteiger partial charge >= 0.3 is 12.1 Å². The predicted molar refractivity (Wildman–Crippen MR) is 277 cm³/mol. The molecular formula is C59H66N4O7S. The van der Waals surface area contributed by atoms with Crippen LogP contribution in [0.3, 0.4) is 0 Å². The molecule has 3 aliphatic carbocycles. The number of hydrogen-bond acceptors (Lipinski definition) is 8. The second kappa shape index (κ2) is 23.2. The lowest BCUT2D eigenvalue weighted by Gasteiger charge is -2.36. The number of carbonyl (C=O) groups is 5. The molecule has 0 radical (unpaired) electrons. The highest BCUT2D eigenvalue weighted by Crippen LogP contribution is 2.49. The average molecular weight is 975 g/mol. The van der Waals surface area contributed by atoms with E-state index in [0.717, 1.165) is 96.7 Å². The molecule has 12 heteroatoms. The Morgan fingerprint density at radius 3 is 1.79 bits per heavy atom. The Morgan fingerprint density at radius 1 is 0.648 bits per heavy atom. The molecule has 3 N–H and O–H groups in total. The van der Waals surface area contributed by atoms with Crippen molar-refractivity contribution in [3.63, 3.8) is 0 Å². The molecular weight excluding hydrogens is 909 g/mol. The molecule has 11 nitrogen and oxygen atoms in total. The smallest absolute Gasteiger partial charge is 0.410 e. The number of esters is 1. The molecule has 1 heterocycles. The fraction of sp³-hybridized carbons (Fsp3) is 0.407. The number of likely N-dealkylation sites (tertiary alicyclic amines) is 1. The third-order valence-electron chi connectivity index (χ3n) is 15.0. The highest BCUT2D eigenvalue weighted by atomic mass is 32.2. The van der Waals surface area contributed by atoms with Gasteiger partial charge in [0.15, 0.2) is 0 Å². The second-order valence-corrected chi connectivity index (χ2v) is 20.8. The monoisotopic (exact) mass is 974 g/mol. The summed E-state index contributed by atoms with van der Waals surface area (Å²) in [6.45, 7) is 1.72.